The number of rotatable bonds is 4. The van der Waals surface area contributed by atoms with E-state index in [9.17, 15) is 4.79 Å². The smallest absolute Gasteiger partial charge is 0.243 e. The fraction of sp³-hybridized carbons (Fsp3) is 0.143. The van der Waals surface area contributed by atoms with Crippen LogP contribution in [-0.4, -0.2) is 17.4 Å². The number of pyridine rings is 1. The number of hydrogen-bond acceptors (Lipinski definition) is 3. The molecule has 18 heavy (non-hydrogen) atoms. The second kappa shape index (κ2) is 5.82. The third-order valence-corrected chi connectivity index (χ3v) is 2.54. The maximum absolute atomic E-state index is 11.7. The van der Waals surface area contributed by atoms with Crippen molar-refractivity contribution in [2.24, 2.45) is 0 Å². The lowest BCUT2D eigenvalue weighted by molar-refractivity contribution is -0.114. The van der Waals surface area contributed by atoms with E-state index in [1.54, 1.807) is 12.4 Å². The summed E-state index contributed by atoms with van der Waals surface area (Å²) in [4.78, 5) is 15.7. The van der Waals surface area contributed by atoms with Gasteiger partial charge in [0, 0.05) is 11.9 Å². The highest BCUT2D eigenvalue weighted by Gasteiger charge is 2.04. The average molecular weight is 241 g/mol. The van der Waals surface area contributed by atoms with Gasteiger partial charge in [-0.15, -0.1) is 0 Å². The van der Waals surface area contributed by atoms with Gasteiger partial charge < -0.3 is 10.6 Å². The van der Waals surface area contributed by atoms with Gasteiger partial charge in [-0.05, 0) is 30.7 Å². The predicted molar refractivity (Wildman–Crippen MR) is 72.5 cm³/mol. The minimum Gasteiger partial charge on any atom is -0.376 e. The van der Waals surface area contributed by atoms with Crippen molar-refractivity contribution >= 4 is 17.3 Å². The molecule has 1 heterocycles. The van der Waals surface area contributed by atoms with Crippen LogP contribution in [0.3, 0.4) is 0 Å². The van der Waals surface area contributed by atoms with Crippen LogP contribution in [-0.2, 0) is 4.79 Å². The van der Waals surface area contributed by atoms with Gasteiger partial charge in [0.05, 0.1) is 18.4 Å². The van der Waals surface area contributed by atoms with Crippen LogP contribution in [0.1, 0.15) is 5.56 Å². The minimum atomic E-state index is -0.0880. The third-order valence-electron chi connectivity index (χ3n) is 2.54. The maximum atomic E-state index is 11.7. The molecule has 0 fully saturated rings. The van der Waals surface area contributed by atoms with Crippen molar-refractivity contribution in [1.29, 1.82) is 0 Å². The molecule has 0 aliphatic heterocycles. The molecule has 0 saturated carbocycles. The molecule has 92 valence electrons. The number of carbonyl (C=O) groups excluding carboxylic acids is 1. The Hall–Kier alpha value is -2.36. The van der Waals surface area contributed by atoms with E-state index in [2.05, 4.69) is 15.6 Å². The van der Waals surface area contributed by atoms with Gasteiger partial charge >= 0.3 is 0 Å². The molecule has 0 spiro atoms. The molecule has 0 radical (unpaired) electrons. The third kappa shape index (κ3) is 3.31. The largest absolute Gasteiger partial charge is 0.376 e. The number of nitrogens with one attached hydrogen (secondary N) is 2. The lowest BCUT2D eigenvalue weighted by atomic mass is 10.2. The molecule has 0 saturated heterocycles. The second-order valence-corrected chi connectivity index (χ2v) is 3.96. The molecule has 0 aliphatic carbocycles. The molecule has 4 nitrogen and oxygen atoms in total. The summed E-state index contributed by atoms with van der Waals surface area (Å²) in [5.41, 5.74) is 2.67. The number of aryl methyl sites for hydroxylation is 1. The molecule has 1 aromatic carbocycles. The molecular weight excluding hydrogens is 226 g/mol. The van der Waals surface area contributed by atoms with Crippen LogP contribution >= 0.6 is 0 Å². The molecule has 2 aromatic rings. The molecule has 4 heteroatoms. The van der Waals surface area contributed by atoms with E-state index in [-0.39, 0.29) is 12.5 Å². The van der Waals surface area contributed by atoms with Crippen molar-refractivity contribution < 1.29 is 4.79 Å². The van der Waals surface area contributed by atoms with Crippen molar-refractivity contribution in [1.82, 2.24) is 4.98 Å². The Morgan fingerprint density at radius 2 is 2.00 bits per heavy atom. The SMILES string of the molecule is Cc1ccncc1NC(=O)CNc1ccccc1. The summed E-state index contributed by atoms with van der Waals surface area (Å²) < 4.78 is 0. The summed E-state index contributed by atoms with van der Waals surface area (Å²) in [6.45, 7) is 2.17. The molecule has 0 unspecified atom stereocenters. The fourth-order valence-corrected chi connectivity index (χ4v) is 1.53. The molecular formula is C14H15N3O. The number of benzene rings is 1. The lowest BCUT2D eigenvalue weighted by Crippen LogP contribution is -2.22. The van der Waals surface area contributed by atoms with Crippen LogP contribution < -0.4 is 10.6 Å². The Labute approximate surface area is 106 Å². The summed E-state index contributed by atoms with van der Waals surface area (Å²) in [5, 5.41) is 5.87. The van der Waals surface area contributed by atoms with Crippen LogP contribution in [0, 0.1) is 6.92 Å². The standard InChI is InChI=1S/C14H15N3O/c1-11-7-8-15-9-13(11)17-14(18)10-16-12-5-3-2-4-6-12/h2-9,16H,10H2,1H3,(H,17,18). The van der Waals surface area contributed by atoms with Crippen molar-refractivity contribution in [2.75, 3.05) is 17.2 Å². The second-order valence-electron chi connectivity index (χ2n) is 3.96. The highest BCUT2D eigenvalue weighted by molar-refractivity contribution is 5.94. The summed E-state index contributed by atoms with van der Waals surface area (Å²) in [7, 11) is 0. The quantitative estimate of drug-likeness (QED) is 0.864. The van der Waals surface area contributed by atoms with E-state index >= 15 is 0 Å². The first-order valence-electron chi connectivity index (χ1n) is 5.75. The van der Waals surface area contributed by atoms with Gasteiger partial charge in [-0.3, -0.25) is 9.78 Å². The molecule has 2 N–H and O–H groups in total. The fourth-order valence-electron chi connectivity index (χ4n) is 1.53. The Kier molecular flexibility index (Phi) is 3.91. The molecule has 0 aliphatic rings. The first kappa shape index (κ1) is 12.1. The maximum Gasteiger partial charge on any atom is 0.243 e. The van der Waals surface area contributed by atoms with E-state index in [4.69, 9.17) is 0 Å². The van der Waals surface area contributed by atoms with Gasteiger partial charge in [0.1, 0.15) is 0 Å². The molecule has 1 amide bonds. The van der Waals surface area contributed by atoms with Crippen LogP contribution in [0.4, 0.5) is 11.4 Å². The van der Waals surface area contributed by atoms with Crippen LogP contribution in [0.15, 0.2) is 48.8 Å². The van der Waals surface area contributed by atoms with Gasteiger partial charge in [0.15, 0.2) is 0 Å². The monoisotopic (exact) mass is 241 g/mol. The molecule has 2 rings (SSSR count). The average Bonchev–Trinajstić information content (AvgIpc) is 2.40. The first-order valence-corrected chi connectivity index (χ1v) is 5.75. The van der Waals surface area contributed by atoms with Gasteiger partial charge in [-0.1, -0.05) is 18.2 Å². The predicted octanol–water partition coefficient (Wildman–Crippen LogP) is 2.44. The van der Waals surface area contributed by atoms with Crippen molar-refractivity contribution in [2.45, 2.75) is 6.92 Å². The number of anilines is 2. The number of hydrogen-bond donors (Lipinski definition) is 2. The molecule has 0 atom stereocenters. The Balaban J connectivity index is 1.88. The number of para-hydroxylation sites is 1. The number of carbonyl (C=O) groups is 1. The van der Waals surface area contributed by atoms with Crippen LogP contribution in [0.5, 0.6) is 0 Å². The van der Waals surface area contributed by atoms with Crippen LogP contribution in [0.2, 0.25) is 0 Å². The summed E-state index contributed by atoms with van der Waals surface area (Å²) in [6, 6.07) is 11.5. The van der Waals surface area contributed by atoms with Crippen molar-refractivity contribution in [3.05, 3.63) is 54.4 Å². The lowest BCUT2D eigenvalue weighted by Gasteiger charge is -2.09. The van der Waals surface area contributed by atoms with E-state index < -0.39 is 0 Å². The first-order chi connectivity index (χ1) is 8.75. The normalized spacial score (nSPS) is 9.83. The molecule has 0 bridgehead atoms. The van der Waals surface area contributed by atoms with E-state index in [1.807, 2.05) is 43.3 Å². The number of amides is 1. The summed E-state index contributed by atoms with van der Waals surface area (Å²) >= 11 is 0. The number of aromatic nitrogens is 1. The highest BCUT2D eigenvalue weighted by Crippen LogP contribution is 2.11. The zero-order valence-corrected chi connectivity index (χ0v) is 10.2. The van der Waals surface area contributed by atoms with E-state index in [0.717, 1.165) is 16.9 Å². The topological polar surface area (TPSA) is 54.0 Å². The van der Waals surface area contributed by atoms with Crippen molar-refractivity contribution in [3.8, 4) is 0 Å². The summed E-state index contributed by atoms with van der Waals surface area (Å²) in [6.07, 6.45) is 3.35. The zero-order valence-electron chi connectivity index (χ0n) is 10.2. The molecule has 1 aromatic heterocycles. The van der Waals surface area contributed by atoms with Gasteiger partial charge in [0.2, 0.25) is 5.91 Å². The van der Waals surface area contributed by atoms with Gasteiger partial charge in [-0.25, -0.2) is 0 Å². The Morgan fingerprint density at radius 3 is 2.72 bits per heavy atom. The Morgan fingerprint density at radius 1 is 1.22 bits per heavy atom. The van der Waals surface area contributed by atoms with Gasteiger partial charge in [0.25, 0.3) is 0 Å². The van der Waals surface area contributed by atoms with E-state index in [0.29, 0.717) is 0 Å². The Bertz CT molecular complexity index is 526. The van der Waals surface area contributed by atoms with Crippen LogP contribution in [0.25, 0.3) is 0 Å². The highest BCUT2D eigenvalue weighted by atomic mass is 16.1. The number of nitrogens with zero attached hydrogens (tertiary/aromatic N) is 1. The minimum absolute atomic E-state index is 0.0880. The summed E-state index contributed by atoms with van der Waals surface area (Å²) in [5.74, 6) is -0.0880. The van der Waals surface area contributed by atoms with E-state index in [1.165, 1.54) is 0 Å². The van der Waals surface area contributed by atoms with Gasteiger partial charge in [-0.2, -0.15) is 0 Å². The van der Waals surface area contributed by atoms with Crippen molar-refractivity contribution in [3.63, 3.8) is 0 Å². The zero-order chi connectivity index (χ0) is 12.8.